The Labute approximate surface area is 117 Å². The Morgan fingerprint density at radius 3 is 2.47 bits per heavy atom. The molecule has 0 aliphatic heterocycles. The molecule has 0 fully saturated rings. The third-order valence-corrected chi connectivity index (χ3v) is 3.34. The molecule has 0 bridgehead atoms. The van der Waals surface area contributed by atoms with Gasteiger partial charge in [0.25, 0.3) is 0 Å². The van der Waals surface area contributed by atoms with Crippen LogP contribution in [0.2, 0.25) is 5.02 Å². The molecule has 1 atom stereocenters. The van der Waals surface area contributed by atoms with Gasteiger partial charge in [-0.15, -0.1) is 0 Å². The first-order chi connectivity index (χ1) is 9.10. The highest BCUT2D eigenvalue weighted by molar-refractivity contribution is 6.30. The van der Waals surface area contributed by atoms with Crippen molar-refractivity contribution < 1.29 is 4.39 Å². The summed E-state index contributed by atoms with van der Waals surface area (Å²) in [4.78, 5) is 0. The molecule has 0 heterocycles. The van der Waals surface area contributed by atoms with Crippen LogP contribution < -0.4 is 11.3 Å². The van der Waals surface area contributed by atoms with Crippen LogP contribution >= 0.6 is 11.6 Å². The minimum absolute atomic E-state index is 0.239. The van der Waals surface area contributed by atoms with E-state index >= 15 is 0 Å². The maximum absolute atomic E-state index is 13.9. The maximum Gasteiger partial charge on any atom is 0.128 e. The van der Waals surface area contributed by atoms with Gasteiger partial charge in [0.15, 0.2) is 0 Å². The summed E-state index contributed by atoms with van der Waals surface area (Å²) in [5.41, 5.74) is 5.18. The first kappa shape index (κ1) is 14.0. The predicted molar refractivity (Wildman–Crippen MR) is 76.4 cm³/mol. The highest BCUT2D eigenvalue weighted by Crippen LogP contribution is 2.22. The molecule has 2 rings (SSSR count). The van der Waals surface area contributed by atoms with E-state index in [1.54, 1.807) is 6.07 Å². The van der Waals surface area contributed by atoms with Crippen LogP contribution in [0.25, 0.3) is 0 Å². The van der Waals surface area contributed by atoms with Crippen LogP contribution in [0.5, 0.6) is 0 Å². The van der Waals surface area contributed by atoms with Crippen molar-refractivity contribution >= 4 is 11.6 Å². The Morgan fingerprint density at radius 2 is 1.89 bits per heavy atom. The lowest BCUT2D eigenvalue weighted by molar-refractivity contribution is 0.510. The zero-order valence-electron chi connectivity index (χ0n) is 10.7. The smallest absolute Gasteiger partial charge is 0.128 e. The zero-order valence-corrected chi connectivity index (χ0v) is 11.4. The molecule has 2 aromatic rings. The van der Waals surface area contributed by atoms with Crippen molar-refractivity contribution in [1.29, 1.82) is 0 Å². The van der Waals surface area contributed by atoms with Crippen LogP contribution in [0.15, 0.2) is 42.5 Å². The van der Waals surface area contributed by atoms with Crippen LogP contribution in [0.4, 0.5) is 4.39 Å². The molecule has 0 radical (unpaired) electrons. The zero-order chi connectivity index (χ0) is 13.8. The molecule has 4 heteroatoms. The van der Waals surface area contributed by atoms with Gasteiger partial charge in [-0.1, -0.05) is 35.9 Å². The molecule has 0 saturated heterocycles. The van der Waals surface area contributed by atoms with Gasteiger partial charge in [-0.25, -0.2) is 4.39 Å². The van der Waals surface area contributed by atoms with Crippen LogP contribution in [0, 0.1) is 12.7 Å². The second-order valence-corrected chi connectivity index (χ2v) is 5.01. The third kappa shape index (κ3) is 3.53. The molecule has 1 unspecified atom stereocenters. The third-order valence-electron chi connectivity index (χ3n) is 3.09. The van der Waals surface area contributed by atoms with Crippen LogP contribution in [0.1, 0.15) is 22.7 Å². The van der Waals surface area contributed by atoms with Gasteiger partial charge in [0.1, 0.15) is 5.82 Å². The Kier molecular flexibility index (Phi) is 4.53. The van der Waals surface area contributed by atoms with E-state index in [0.29, 0.717) is 17.0 Å². The summed E-state index contributed by atoms with van der Waals surface area (Å²) in [5, 5.41) is 0.683. The van der Waals surface area contributed by atoms with Crippen molar-refractivity contribution in [2.75, 3.05) is 0 Å². The second kappa shape index (κ2) is 6.15. The highest BCUT2D eigenvalue weighted by Gasteiger charge is 2.15. The minimum atomic E-state index is -0.262. The second-order valence-electron chi connectivity index (χ2n) is 4.57. The number of halogens is 2. The predicted octanol–water partition coefficient (Wildman–Crippen LogP) is 3.53. The van der Waals surface area contributed by atoms with Crippen molar-refractivity contribution in [3.8, 4) is 0 Å². The summed E-state index contributed by atoms with van der Waals surface area (Å²) in [6.45, 7) is 1.86. The van der Waals surface area contributed by atoms with Gasteiger partial charge in [-0.3, -0.25) is 11.3 Å². The van der Waals surface area contributed by atoms with E-state index in [1.165, 1.54) is 6.07 Å². The Hall–Kier alpha value is -1.42. The number of hydrogen-bond acceptors (Lipinski definition) is 2. The Bertz CT molecular complexity index is 555. The van der Waals surface area contributed by atoms with Crippen molar-refractivity contribution in [2.24, 2.45) is 5.84 Å². The molecule has 19 heavy (non-hydrogen) atoms. The fourth-order valence-electron chi connectivity index (χ4n) is 2.03. The summed E-state index contributed by atoms with van der Waals surface area (Å²) in [7, 11) is 0. The summed E-state index contributed by atoms with van der Waals surface area (Å²) in [5.74, 6) is 5.31. The number of hydrogen-bond donors (Lipinski definition) is 2. The minimum Gasteiger partial charge on any atom is -0.271 e. The molecule has 0 aliphatic rings. The monoisotopic (exact) mass is 278 g/mol. The van der Waals surface area contributed by atoms with Gasteiger partial charge in [0.05, 0.1) is 6.04 Å². The number of nitrogens with one attached hydrogen (secondary N) is 1. The largest absolute Gasteiger partial charge is 0.271 e. The van der Waals surface area contributed by atoms with E-state index in [2.05, 4.69) is 5.43 Å². The molecular weight excluding hydrogens is 263 g/mol. The molecule has 0 amide bonds. The van der Waals surface area contributed by atoms with Gasteiger partial charge in [0.2, 0.25) is 0 Å². The summed E-state index contributed by atoms with van der Waals surface area (Å²) < 4.78 is 13.9. The number of nitrogens with two attached hydrogens (primary N) is 1. The van der Waals surface area contributed by atoms with Crippen LogP contribution in [-0.2, 0) is 6.42 Å². The van der Waals surface area contributed by atoms with Crippen LogP contribution in [0.3, 0.4) is 0 Å². The van der Waals surface area contributed by atoms with Crippen molar-refractivity contribution in [3.05, 3.63) is 70.0 Å². The van der Waals surface area contributed by atoms with E-state index in [-0.39, 0.29) is 11.9 Å². The van der Waals surface area contributed by atoms with Crippen molar-refractivity contribution in [2.45, 2.75) is 19.4 Å². The van der Waals surface area contributed by atoms with Crippen LogP contribution in [-0.4, -0.2) is 0 Å². The fourth-order valence-corrected chi connectivity index (χ4v) is 2.16. The first-order valence-electron chi connectivity index (χ1n) is 6.07. The quantitative estimate of drug-likeness (QED) is 0.663. The standard InChI is InChI=1S/C15H16ClFN2/c1-10-2-7-13(14(17)8-10)15(19-18)9-11-3-5-12(16)6-4-11/h2-8,15,19H,9,18H2,1H3. The molecule has 2 nitrogen and oxygen atoms in total. The topological polar surface area (TPSA) is 38.0 Å². The van der Waals surface area contributed by atoms with Gasteiger partial charge in [-0.2, -0.15) is 0 Å². The average molecular weight is 279 g/mol. The summed E-state index contributed by atoms with van der Waals surface area (Å²) >= 11 is 5.84. The molecule has 0 spiro atoms. The molecule has 0 aliphatic carbocycles. The maximum atomic E-state index is 13.9. The average Bonchev–Trinajstić information content (AvgIpc) is 2.39. The summed E-state index contributed by atoms with van der Waals surface area (Å²) in [6.07, 6.45) is 0.605. The van der Waals surface area contributed by atoms with E-state index in [0.717, 1.165) is 11.1 Å². The molecule has 100 valence electrons. The van der Waals surface area contributed by atoms with E-state index < -0.39 is 0 Å². The lowest BCUT2D eigenvalue weighted by Crippen LogP contribution is -2.30. The summed E-state index contributed by atoms with van der Waals surface area (Å²) in [6, 6.07) is 12.4. The molecule has 3 N–H and O–H groups in total. The van der Waals surface area contributed by atoms with Gasteiger partial charge in [-0.05, 0) is 42.7 Å². The van der Waals surface area contributed by atoms with Gasteiger partial charge >= 0.3 is 0 Å². The van der Waals surface area contributed by atoms with Crippen molar-refractivity contribution in [3.63, 3.8) is 0 Å². The lowest BCUT2D eigenvalue weighted by atomic mass is 9.98. The Morgan fingerprint density at radius 1 is 1.21 bits per heavy atom. The van der Waals surface area contributed by atoms with E-state index in [1.807, 2.05) is 37.3 Å². The number of aryl methyl sites for hydroxylation is 1. The normalized spacial score (nSPS) is 12.4. The van der Waals surface area contributed by atoms with E-state index in [9.17, 15) is 4.39 Å². The molecular formula is C15H16ClFN2. The molecule has 2 aromatic carbocycles. The lowest BCUT2D eigenvalue weighted by Gasteiger charge is -2.17. The van der Waals surface area contributed by atoms with Gasteiger partial charge < -0.3 is 0 Å². The van der Waals surface area contributed by atoms with E-state index in [4.69, 9.17) is 17.4 Å². The van der Waals surface area contributed by atoms with Crippen molar-refractivity contribution in [1.82, 2.24) is 5.43 Å². The number of hydrazine groups is 1. The Balaban J connectivity index is 2.22. The SMILES string of the molecule is Cc1ccc(C(Cc2ccc(Cl)cc2)NN)c(F)c1. The number of rotatable bonds is 4. The first-order valence-corrected chi connectivity index (χ1v) is 6.44. The fraction of sp³-hybridized carbons (Fsp3) is 0.200. The highest BCUT2D eigenvalue weighted by atomic mass is 35.5. The number of benzene rings is 2. The van der Waals surface area contributed by atoms with Gasteiger partial charge in [0, 0.05) is 10.6 Å². The molecule has 0 aromatic heterocycles. The molecule has 0 saturated carbocycles.